The second-order valence-electron chi connectivity index (χ2n) is 13.7. The Morgan fingerprint density at radius 1 is 0.556 bits per heavy atom. The Morgan fingerprint density at radius 2 is 1.14 bits per heavy atom. The number of rotatable bonds is 4. The number of halogens is 3. The summed E-state index contributed by atoms with van der Waals surface area (Å²) in [5.74, 6) is 0. The Labute approximate surface area is 357 Å². The van der Waals surface area contributed by atoms with E-state index in [9.17, 15) is 44.7 Å². The molecule has 0 amide bonds. The van der Waals surface area contributed by atoms with Crippen molar-refractivity contribution < 1.29 is 13.2 Å². The highest BCUT2D eigenvalue weighted by Crippen LogP contribution is 2.60. The standard InChI is InChI=1S/C50H17F3N10/c1-26-6-8-28(9-7-26)41-43(34(22-56)29-14-17-38(60-2)39(19-29)61-3)45-36(24-58)42-35(23-57)40(27-12-15-33(16-13-27)50(51,52)53)47(44(42)37(25-59)46(45)49(41)63-5)48(62-4)30-10-11-31(20-54)32(18-30)21-55/h6-19H,1H3/b43-34+,48-47-. The van der Waals surface area contributed by atoms with Crippen LogP contribution in [0.3, 0.4) is 0 Å². The molecule has 7 rings (SSSR count). The van der Waals surface area contributed by atoms with Gasteiger partial charge in [0.05, 0.1) is 71.3 Å². The largest absolute Gasteiger partial charge is 0.416 e. The lowest BCUT2D eigenvalue weighted by atomic mass is 9.82. The van der Waals surface area contributed by atoms with Gasteiger partial charge in [0.1, 0.15) is 30.3 Å². The van der Waals surface area contributed by atoms with Crippen molar-refractivity contribution in [1.82, 2.24) is 0 Å². The van der Waals surface area contributed by atoms with E-state index >= 15 is 0 Å². The predicted octanol–water partition coefficient (Wildman–Crippen LogP) is 12.1. The summed E-state index contributed by atoms with van der Waals surface area (Å²) in [5.41, 5.74) is -2.32. The van der Waals surface area contributed by atoms with Gasteiger partial charge in [0.15, 0.2) is 11.4 Å². The van der Waals surface area contributed by atoms with Crippen molar-refractivity contribution in [3.63, 3.8) is 0 Å². The van der Waals surface area contributed by atoms with E-state index in [1.165, 1.54) is 36.4 Å². The Balaban J connectivity index is 1.76. The summed E-state index contributed by atoms with van der Waals surface area (Å²) in [4.78, 5) is 14.5. The van der Waals surface area contributed by atoms with Gasteiger partial charge in [0.25, 0.3) is 0 Å². The average Bonchev–Trinajstić information content (AvgIpc) is 3.81. The highest BCUT2D eigenvalue weighted by atomic mass is 19.4. The van der Waals surface area contributed by atoms with Crippen molar-refractivity contribution in [2.45, 2.75) is 13.1 Å². The minimum atomic E-state index is -4.76. The zero-order valence-electron chi connectivity index (χ0n) is 32.2. The molecule has 13 heteroatoms. The molecule has 0 aromatic heterocycles. The lowest BCUT2D eigenvalue weighted by Crippen LogP contribution is -2.05. The molecule has 0 radical (unpaired) electrons. The molecular formula is C50H17F3N10. The summed E-state index contributed by atoms with van der Waals surface area (Å²) in [7, 11) is 0. The van der Waals surface area contributed by atoms with E-state index in [-0.39, 0.29) is 117 Å². The minimum absolute atomic E-state index is 0.0000118. The van der Waals surface area contributed by atoms with Crippen LogP contribution < -0.4 is 0 Å². The van der Waals surface area contributed by atoms with E-state index in [0.717, 1.165) is 29.8 Å². The Hall–Kier alpha value is -10.3. The molecule has 0 saturated heterocycles. The third-order valence-electron chi connectivity index (χ3n) is 10.5. The minimum Gasteiger partial charge on any atom is -0.250 e. The smallest absolute Gasteiger partial charge is 0.250 e. The Morgan fingerprint density at radius 3 is 1.68 bits per heavy atom. The molecular weight excluding hydrogens is 798 g/mol. The molecule has 0 fully saturated rings. The van der Waals surface area contributed by atoms with Gasteiger partial charge in [-0.05, 0) is 86.9 Å². The molecule has 5 aromatic carbocycles. The van der Waals surface area contributed by atoms with Crippen LogP contribution >= 0.6 is 0 Å². The number of hydrogen-bond acceptors (Lipinski definition) is 6. The third kappa shape index (κ3) is 6.37. The number of nitrogens with zero attached hydrogens (tertiary/aromatic N) is 10. The van der Waals surface area contributed by atoms with Crippen LogP contribution in [-0.2, 0) is 6.18 Å². The first-order valence-corrected chi connectivity index (χ1v) is 18.1. The maximum atomic E-state index is 13.9. The van der Waals surface area contributed by atoms with E-state index < -0.39 is 11.7 Å². The molecule has 0 saturated carbocycles. The maximum Gasteiger partial charge on any atom is 0.416 e. The molecule has 0 spiro atoms. The van der Waals surface area contributed by atoms with Crippen molar-refractivity contribution in [1.29, 1.82) is 31.6 Å². The molecule has 5 aromatic rings. The van der Waals surface area contributed by atoms with Crippen molar-refractivity contribution in [2.75, 3.05) is 0 Å². The van der Waals surface area contributed by atoms with Crippen molar-refractivity contribution in [2.24, 2.45) is 0 Å². The zero-order chi connectivity index (χ0) is 45.3. The van der Waals surface area contributed by atoms with Crippen LogP contribution in [0.2, 0.25) is 0 Å². The van der Waals surface area contributed by atoms with Crippen LogP contribution in [0, 0.1) is 101 Å². The molecule has 10 nitrogen and oxygen atoms in total. The fourth-order valence-electron chi connectivity index (χ4n) is 7.80. The van der Waals surface area contributed by atoms with Gasteiger partial charge in [0, 0.05) is 11.1 Å². The summed E-state index contributed by atoms with van der Waals surface area (Å²) in [6.45, 7) is 34.2. The monoisotopic (exact) mass is 814 g/mol. The lowest BCUT2D eigenvalue weighted by Gasteiger charge is -2.18. The first-order valence-electron chi connectivity index (χ1n) is 18.1. The molecule has 0 atom stereocenters. The van der Waals surface area contributed by atoms with E-state index in [4.69, 9.17) is 26.3 Å². The lowest BCUT2D eigenvalue weighted by molar-refractivity contribution is -0.137. The van der Waals surface area contributed by atoms with E-state index in [1.807, 2.05) is 19.1 Å². The van der Waals surface area contributed by atoms with E-state index in [2.05, 4.69) is 43.7 Å². The molecule has 2 aliphatic rings. The fraction of sp³-hybridized carbons (Fsp3) is 0.0400. The van der Waals surface area contributed by atoms with Crippen LogP contribution in [0.1, 0.15) is 77.9 Å². The zero-order valence-corrected chi connectivity index (χ0v) is 32.2. The van der Waals surface area contributed by atoms with Gasteiger partial charge in [-0.25, -0.2) is 9.69 Å². The Bertz CT molecular complexity index is 3530. The van der Waals surface area contributed by atoms with Gasteiger partial charge in [-0.1, -0.05) is 66.2 Å². The van der Waals surface area contributed by atoms with E-state index in [1.54, 1.807) is 24.3 Å². The SMILES string of the molecule is [C-]#[N+]C1=C(c2ccc(C)cc2)/C(=C(/C#N)c2ccc([N+]#[C-])c([N+]#[C-])c2)c2c(C#N)c3c(c(C#N)c21)/C(=C(\[N+]#[C-])c1ccc(C#N)c(C#N)c1)C(c1ccc(C(F)(F)F)cc1)=C3C#N. The number of benzene rings is 5. The normalized spacial score (nSPS) is 13.8. The van der Waals surface area contributed by atoms with Gasteiger partial charge in [-0.2, -0.15) is 44.7 Å². The Kier molecular flexibility index (Phi) is 10.3. The number of nitriles is 6. The van der Waals surface area contributed by atoms with Crippen molar-refractivity contribution >= 4 is 56.2 Å². The fourth-order valence-corrected chi connectivity index (χ4v) is 7.80. The van der Waals surface area contributed by atoms with Crippen LogP contribution in [0.15, 0.2) is 84.9 Å². The molecule has 288 valence electrons. The molecule has 0 heterocycles. The van der Waals surface area contributed by atoms with Gasteiger partial charge >= 0.3 is 6.18 Å². The van der Waals surface area contributed by atoms with Crippen molar-refractivity contribution in [3.8, 4) is 36.4 Å². The van der Waals surface area contributed by atoms with Gasteiger partial charge < -0.3 is 0 Å². The summed E-state index contributed by atoms with van der Waals surface area (Å²) in [5, 5.41) is 64.2. The highest BCUT2D eigenvalue weighted by Gasteiger charge is 2.44. The number of alkyl halides is 3. The summed E-state index contributed by atoms with van der Waals surface area (Å²) >= 11 is 0. The van der Waals surface area contributed by atoms with Crippen LogP contribution in [0.4, 0.5) is 24.5 Å². The molecule has 0 unspecified atom stereocenters. The molecule has 0 N–H and O–H groups in total. The first-order chi connectivity index (χ1) is 30.4. The number of allylic oxidation sites excluding steroid dienone is 6. The number of fused-ring (bicyclic) bond motifs is 2. The number of aryl methyl sites for hydroxylation is 1. The van der Waals surface area contributed by atoms with Gasteiger partial charge in [0.2, 0.25) is 11.4 Å². The second-order valence-corrected chi connectivity index (χ2v) is 13.7. The maximum absolute atomic E-state index is 13.9. The summed E-state index contributed by atoms with van der Waals surface area (Å²) in [6.07, 6.45) is -4.76. The predicted molar refractivity (Wildman–Crippen MR) is 225 cm³/mol. The number of hydrogen-bond donors (Lipinski definition) is 0. The van der Waals surface area contributed by atoms with E-state index in [0.29, 0.717) is 5.56 Å². The summed E-state index contributed by atoms with van der Waals surface area (Å²) in [6, 6.07) is 30.8. The third-order valence-corrected chi connectivity index (χ3v) is 10.5. The second kappa shape index (κ2) is 15.8. The highest BCUT2D eigenvalue weighted by molar-refractivity contribution is 6.35. The van der Waals surface area contributed by atoms with Crippen LogP contribution in [-0.4, -0.2) is 0 Å². The van der Waals surface area contributed by atoms with Crippen LogP contribution in [0.5, 0.6) is 0 Å². The van der Waals surface area contributed by atoms with Crippen LogP contribution in [0.25, 0.3) is 64.2 Å². The quantitative estimate of drug-likeness (QED) is 0.130. The van der Waals surface area contributed by atoms with Gasteiger partial charge in [-0.15, -0.1) is 0 Å². The molecule has 0 bridgehead atoms. The van der Waals surface area contributed by atoms with Crippen molar-refractivity contribution in [3.05, 3.63) is 208 Å². The summed E-state index contributed by atoms with van der Waals surface area (Å²) < 4.78 is 41.6. The topological polar surface area (TPSA) is 160 Å². The van der Waals surface area contributed by atoms with Gasteiger partial charge in [-0.3, -0.25) is 9.69 Å². The first kappa shape index (κ1) is 40.9. The molecule has 63 heavy (non-hydrogen) atoms. The average molecular weight is 815 g/mol. The molecule has 0 aliphatic heterocycles. The molecule has 2 aliphatic carbocycles.